The zero-order chi connectivity index (χ0) is 12.7. The summed E-state index contributed by atoms with van der Waals surface area (Å²) in [5.41, 5.74) is 1.21. The maximum atomic E-state index is 5.58. The van der Waals surface area contributed by atoms with Gasteiger partial charge in [0, 0.05) is 6.54 Å². The molecular formula is C13H15Br2NO. The van der Waals surface area contributed by atoms with Crippen LogP contribution in [-0.4, -0.2) is 13.2 Å². The van der Waals surface area contributed by atoms with Crippen molar-refractivity contribution < 1.29 is 4.74 Å². The van der Waals surface area contributed by atoms with Gasteiger partial charge in [0.25, 0.3) is 0 Å². The van der Waals surface area contributed by atoms with Crippen LogP contribution in [-0.2, 0) is 6.54 Å². The van der Waals surface area contributed by atoms with Gasteiger partial charge in [0.05, 0.1) is 8.95 Å². The number of nitrogens with one attached hydrogen (secondary N) is 1. The summed E-state index contributed by atoms with van der Waals surface area (Å²) < 4.78 is 7.46. The molecule has 0 spiro atoms. The Labute approximate surface area is 119 Å². The quantitative estimate of drug-likeness (QED) is 0.808. The second kappa shape index (κ2) is 7.75. The third-order valence-corrected chi connectivity index (χ3v) is 3.28. The van der Waals surface area contributed by atoms with Crippen molar-refractivity contribution in [2.24, 2.45) is 0 Å². The Morgan fingerprint density at radius 3 is 2.47 bits per heavy atom. The molecule has 1 N–H and O–H groups in total. The summed E-state index contributed by atoms with van der Waals surface area (Å²) in [7, 11) is 0. The number of ether oxygens (including phenoxy) is 1. The lowest BCUT2D eigenvalue weighted by molar-refractivity contribution is 0.365. The van der Waals surface area contributed by atoms with E-state index in [1.54, 1.807) is 6.92 Å². The molecule has 0 saturated heterocycles. The third kappa shape index (κ3) is 4.71. The first-order chi connectivity index (χ1) is 8.19. The fraction of sp³-hybridized carbons (Fsp3) is 0.385. The van der Waals surface area contributed by atoms with Gasteiger partial charge in [-0.1, -0.05) is 12.8 Å². The second-order valence-corrected chi connectivity index (χ2v) is 5.09. The summed E-state index contributed by atoms with van der Waals surface area (Å²) in [4.78, 5) is 0. The Morgan fingerprint density at radius 1 is 1.29 bits per heavy atom. The molecule has 0 aliphatic heterocycles. The molecular weight excluding hydrogens is 346 g/mol. The monoisotopic (exact) mass is 359 g/mol. The van der Waals surface area contributed by atoms with Gasteiger partial charge in [-0.15, -0.1) is 5.92 Å². The Bertz CT molecular complexity index is 412. The van der Waals surface area contributed by atoms with Crippen LogP contribution in [0.5, 0.6) is 5.75 Å². The summed E-state index contributed by atoms with van der Waals surface area (Å²) in [6.45, 7) is 6.10. The fourth-order valence-electron chi connectivity index (χ4n) is 1.30. The van der Waals surface area contributed by atoms with Gasteiger partial charge in [-0.05, 0) is 63.0 Å². The van der Waals surface area contributed by atoms with Gasteiger partial charge in [0.1, 0.15) is 12.4 Å². The molecule has 92 valence electrons. The topological polar surface area (TPSA) is 21.3 Å². The molecule has 0 bridgehead atoms. The first kappa shape index (κ1) is 14.6. The number of halogens is 2. The Kier molecular flexibility index (Phi) is 6.64. The SMILES string of the molecule is CC#CCOc1c(Br)cc(CNCC)cc1Br. The minimum absolute atomic E-state index is 0.403. The molecule has 1 rings (SSSR count). The van der Waals surface area contributed by atoms with E-state index >= 15 is 0 Å². The van der Waals surface area contributed by atoms with Crippen molar-refractivity contribution in [2.75, 3.05) is 13.2 Å². The molecule has 0 fully saturated rings. The maximum absolute atomic E-state index is 5.58. The zero-order valence-corrected chi connectivity index (χ0v) is 13.1. The van der Waals surface area contributed by atoms with Crippen LogP contribution in [0, 0.1) is 11.8 Å². The van der Waals surface area contributed by atoms with Crippen molar-refractivity contribution in [2.45, 2.75) is 20.4 Å². The highest BCUT2D eigenvalue weighted by Crippen LogP contribution is 2.34. The molecule has 2 nitrogen and oxygen atoms in total. The Morgan fingerprint density at radius 2 is 1.94 bits per heavy atom. The smallest absolute Gasteiger partial charge is 0.149 e. The van der Waals surface area contributed by atoms with Crippen molar-refractivity contribution in [1.29, 1.82) is 0 Å². The van der Waals surface area contributed by atoms with Gasteiger partial charge < -0.3 is 10.1 Å². The predicted octanol–water partition coefficient (Wildman–Crippen LogP) is 3.72. The zero-order valence-electron chi connectivity index (χ0n) is 9.94. The maximum Gasteiger partial charge on any atom is 0.149 e. The summed E-state index contributed by atoms with van der Waals surface area (Å²) >= 11 is 7.02. The minimum atomic E-state index is 0.403. The molecule has 1 aromatic rings. The summed E-state index contributed by atoms with van der Waals surface area (Å²) in [6, 6.07) is 4.12. The van der Waals surface area contributed by atoms with E-state index in [-0.39, 0.29) is 0 Å². The van der Waals surface area contributed by atoms with E-state index < -0.39 is 0 Å². The standard InChI is InChI=1S/C13H15Br2NO/c1-3-5-6-17-13-11(14)7-10(8-12(13)15)9-16-4-2/h7-8,16H,4,6,9H2,1-2H3. The highest BCUT2D eigenvalue weighted by molar-refractivity contribution is 9.11. The number of hydrogen-bond acceptors (Lipinski definition) is 2. The van der Waals surface area contributed by atoms with Crippen molar-refractivity contribution in [3.05, 3.63) is 26.6 Å². The Hall–Kier alpha value is -0.500. The van der Waals surface area contributed by atoms with Gasteiger partial charge in [-0.3, -0.25) is 0 Å². The summed E-state index contributed by atoms with van der Waals surface area (Å²) in [5.74, 6) is 6.47. The average molecular weight is 361 g/mol. The lowest BCUT2D eigenvalue weighted by Crippen LogP contribution is -2.11. The normalized spacial score (nSPS) is 9.65. The van der Waals surface area contributed by atoms with E-state index in [0.717, 1.165) is 27.8 Å². The van der Waals surface area contributed by atoms with Crippen LogP contribution < -0.4 is 10.1 Å². The largest absolute Gasteiger partial charge is 0.479 e. The molecule has 0 aromatic heterocycles. The molecule has 17 heavy (non-hydrogen) atoms. The molecule has 4 heteroatoms. The summed E-state index contributed by atoms with van der Waals surface area (Å²) in [5, 5.41) is 3.29. The first-order valence-corrected chi connectivity index (χ1v) is 6.98. The highest BCUT2D eigenvalue weighted by atomic mass is 79.9. The van der Waals surface area contributed by atoms with Crippen LogP contribution in [0.3, 0.4) is 0 Å². The number of rotatable bonds is 5. The lowest BCUT2D eigenvalue weighted by Gasteiger charge is -2.10. The Balaban J connectivity index is 2.81. The molecule has 0 radical (unpaired) electrons. The van der Waals surface area contributed by atoms with E-state index in [1.807, 2.05) is 0 Å². The van der Waals surface area contributed by atoms with Gasteiger partial charge in [-0.2, -0.15) is 0 Å². The molecule has 0 heterocycles. The van der Waals surface area contributed by atoms with E-state index in [0.29, 0.717) is 6.61 Å². The van der Waals surface area contributed by atoms with Gasteiger partial charge in [-0.25, -0.2) is 0 Å². The molecule has 0 unspecified atom stereocenters. The molecule has 1 aromatic carbocycles. The minimum Gasteiger partial charge on any atom is -0.479 e. The molecule has 0 aliphatic carbocycles. The molecule has 0 amide bonds. The average Bonchev–Trinajstić information content (AvgIpc) is 2.30. The van der Waals surface area contributed by atoms with Gasteiger partial charge in [0.15, 0.2) is 0 Å². The van der Waals surface area contributed by atoms with Gasteiger partial charge in [0.2, 0.25) is 0 Å². The van der Waals surface area contributed by atoms with Crippen LogP contribution in [0.4, 0.5) is 0 Å². The van der Waals surface area contributed by atoms with Crippen LogP contribution in [0.25, 0.3) is 0 Å². The van der Waals surface area contributed by atoms with Crippen LogP contribution in [0.1, 0.15) is 19.4 Å². The third-order valence-electron chi connectivity index (χ3n) is 2.10. The van der Waals surface area contributed by atoms with Crippen LogP contribution >= 0.6 is 31.9 Å². The number of hydrogen-bond donors (Lipinski definition) is 1. The van der Waals surface area contributed by atoms with E-state index in [2.05, 4.69) is 68.1 Å². The predicted molar refractivity (Wildman–Crippen MR) is 78.2 cm³/mol. The van der Waals surface area contributed by atoms with Crippen LogP contribution in [0.2, 0.25) is 0 Å². The van der Waals surface area contributed by atoms with E-state index in [4.69, 9.17) is 4.74 Å². The highest BCUT2D eigenvalue weighted by Gasteiger charge is 2.08. The lowest BCUT2D eigenvalue weighted by atomic mass is 10.2. The summed E-state index contributed by atoms with van der Waals surface area (Å²) in [6.07, 6.45) is 0. The molecule has 0 saturated carbocycles. The van der Waals surface area contributed by atoms with Crippen molar-refractivity contribution in [3.8, 4) is 17.6 Å². The van der Waals surface area contributed by atoms with Crippen molar-refractivity contribution in [1.82, 2.24) is 5.32 Å². The molecule has 0 atom stereocenters. The van der Waals surface area contributed by atoms with Crippen LogP contribution in [0.15, 0.2) is 21.1 Å². The number of benzene rings is 1. The molecule has 0 aliphatic rings. The van der Waals surface area contributed by atoms with Crippen molar-refractivity contribution in [3.63, 3.8) is 0 Å². The first-order valence-electron chi connectivity index (χ1n) is 5.40. The fourth-order valence-corrected chi connectivity index (χ4v) is 2.81. The second-order valence-electron chi connectivity index (χ2n) is 3.38. The van der Waals surface area contributed by atoms with Gasteiger partial charge >= 0.3 is 0 Å². The van der Waals surface area contributed by atoms with Crippen molar-refractivity contribution >= 4 is 31.9 Å². The van der Waals surface area contributed by atoms with E-state index in [9.17, 15) is 0 Å². The van der Waals surface area contributed by atoms with E-state index in [1.165, 1.54) is 5.56 Å².